The molecule has 0 aromatic carbocycles. The Kier molecular flexibility index (Phi) is 2.94. The highest BCUT2D eigenvalue weighted by Crippen LogP contribution is 2.24. The minimum atomic E-state index is 0.475. The summed E-state index contributed by atoms with van der Waals surface area (Å²) in [4.78, 5) is 0. The fourth-order valence-electron chi connectivity index (χ4n) is 1.52. The number of rotatable bonds is 3. The molecule has 0 bridgehead atoms. The van der Waals surface area contributed by atoms with Crippen LogP contribution in [0.3, 0.4) is 0 Å². The van der Waals surface area contributed by atoms with E-state index in [0.29, 0.717) is 12.0 Å². The van der Waals surface area contributed by atoms with E-state index in [1.807, 2.05) is 6.08 Å². The molecule has 0 unspecified atom stereocenters. The summed E-state index contributed by atoms with van der Waals surface area (Å²) >= 11 is 0. The van der Waals surface area contributed by atoms with Crippen LogP contribution >= 0.6 is 0 Å². The zero-order chi connectivity index (χ0) is 7.40. The Labute approximate surface area is 63.1 Å². The molecule has 0 aliphatic carbocycles. The van der Waals surface area contributed by atoms with E-state index < -0.39 is 0 Å². The van der Waals surface area contributed by atoms with Gasteiger partial charge < -0.3 is 4.74 Å². The largest absolute Gasteiger partial charge is 0.378 e. The van der Waals surface area contributed by atoms with Crippen molar-refractivity contribution in [2.75, 3.05) is 6.61 Å². The third-order valence-electron chi connectivity index (χ3n) is 2.14. The van der Waals surface area contributed by atoms with Gasteiger partial charge in [0.15, 0.2) is 0 Å². The topological polar surface area (TPSA) is 9.23 Å². The van der Waals surface area contributed by atoms with Gasteiger partial charge in [0.25, 0.3) is 0 Å². The lowest BCUT2D eigenvalue weighted by Crippen LogP contribution is -2.12. The van der Waals surface area contributed by atoms with Gasteiger partial charge >= 0.3 is 0 Å². The summed E-state index contributed by atoms with van der Waals surface area (Å²) in [6, 6.07) is 0. The number of hydrogen-bond donors (Lipinski definition) is 0. The fourth-order valence-corrected chi connectivity index (χ4v) is 1.52. The summed E-state index contributed by atoms with van der Waals surface area (Å²) in [5.41, 5.74) is 0. The summed E-state index contributed by atoms with van der Waals surface area (Å²) in [7, 11) is 0. The molecule has 1 heterocycles. The van der Waals surface area contributed by atoms with E-state index in [1.165, 1.54) is 19.3 Å². The first-order valence-corrected chi connectivity index (χ1v) is 4.12. The molecule has 0 aromatic rings. The van der Waals surface area contributed by atoms with Gasteiger partial charge in [-0.15, -0.1) is 6.58 Å². The average Bonchev–Trinajstić information content (AvgIpc) is 2.36. The van der Waals surface area contributed by atoms with Crippen molar-refractivity contribution in [3.05, 3.63) is 12.7 Å². The molecular formula is C9H16O. The molecule has 0 amide bonds. The van der Waals surface area contributed by atoms with Crippen molar-refractivity contribution in [1.29, 1.82) is 0 Å². The maximum absolute atomic E-state index is 5.53. The quantitative estimate of drug-likeness (QED) is 0.547. The molecule has 0 spiro atoms. The van der Waals surface area contributed by atoms with Crippen LogP contribution in [0.15, 0.2) is 12.7 Å². The standard InChI is InChI=1S/C9H16O/c1-3-5-9-8(4-2)6-7-10-9/h4,8-9H,2-3,5-7H2,1H3/t8-,9-/m1/s1. The Morgan fingerprint density at radius 2 is 2.50 bits per heavy atom. The smallest absolute Gasteiger partial charge is 0.0638 e. The molecule has 1 aliphatic rings. The van der Waals surface area contributed by atoms with E-state index in [-0.39, 0.29) is 0 Å². The highest BCUT2D eigenvalue weighted by atomic mass is 16.5. The Morgan fingerprint density at radius 3 is 3.10 bits per heavy atom. The van der Waals surface area contributed by atoms with Crippen LogP contribution in [0.2, 0.25) is 0 Å². The maximum atomic E-state index is 5.53. The lowest BCUT2D eigenvalue weighted by Gasteiger charge is -2.12. The zero-order valence-corrected chi connectivity index (χ0v) is 6.68. The van der Waals surface area contributed by atoms with Gasteiger partial charge in [0.2, 0.25) is 0 Å². The van der Waals surface area contributed by atoms with E-state index in [4.69, 9.17) is 4.74 Å². The van der Waals surface area contributed by atoms with Crippen molar-refractivity contribution in [1.82, 2.24) is 0 Å². The molecule has 1 aliphatic heterocycles. The molecule has 1 fully saturated rings. The van der Waals surface area contributed by atoms with Gasteiger partial charge in [0, 0.05) is 12.5 Å². The summed E-state index contributed by atoms with van der Waals surface area (Å²) in [5, 5.41) is 0. The summed E-state index contributed by atoms with van der Waals surface area (Å²) in [5.74, 6) is 0.625. The van der Waals surface area contributed by atoms with Gasteiger partial charge in [-0.1, -0.05) is 19.4 Å². The monoisotopic (exact) mass is 140 g/mol. The van der Waals surface area contributed by atoms with Crippen LogP contribution in [0, 0.1) is 5.92 Å². The van der Waals surface area contributed by atoms with Crippen LogP contribution in [0.4, 0.5) is 0 Å². The van der Waals surface area contributed by atoms with Crippen LogP contribution in [-0.4, -0.2) is 12.7 Å². The molecule has 0 radical (unpaired) electrons. The van der Waals surface area contributed by atoms with E-state index in [0.717, 1.165) is 6.61 Å². The van der Waals surface area contributed by atoms with E-state index >= 15 is 0 Å². The molecule has 1 nitrogen and oxygen atoms in total. The second kappa shape index (κ2) is 3.77. The van der Waals surface area contributed by atoms with Gasteiger partial charge in [0.1, 0.15) is 0 Å². The molecule has 1 saturated heterocycles. The second-order valence-corrected chi connectivity index (χ2v) is 2.89. The lowest BCUT2D eigenvalue weighted by molar-refractivity contribution is 0.0914. The van der Waals surface area contributed by atoms with Crippen molar-refractivity contribution < 1.29 is 4.74 Å². The Bertz CT molecular complexity index is 109. The predicted molar refractivity (Wildman–Crippen MR) is 43.0 cm³/mol. The number of ether oxygens (including phenoxy) is 1. The minimum absolute atomic E-state index is 0.475. The van der Waals surface area contributed by atoms with Gasteiger partial charge in [-0.2, -0.15) is 0 Å². The third-order valence-corrected chi connectivity index (χ3v) is 2.14. The first kappa shape index (κ1) is 7.80. The minimum Gasteiger partial charge on any atom is -0.378 e. The van der Waals surface area contributed by atoms with Crippen LogP contribution in [-0.2, 0) is 4.74 Å². The van der Waals surface area contributed by atoms with Gasteiger partial charge in [-0.3, -0.25) is 0 Å². The summed E-state index contributed by atoms with van der Waals surface area (Å²) in [6.45, 7) is 6.92. The van der Waals surface area contributed by atoms with Crippen molar-refractivity contribution >= 4 is 0 Å². The SMILES string of the molecule is C=C[C@@H]1CCO[C@@H]1CCC. The molecular weight excluding hydrogens is 124 g/mol. The van der Waals surface area contributed by atoms with E-state index in [2.05, 4.69) is 13.5 Å². The summed E-state index contributed by atoms with van der Waals surface area (Å²) < 4.78 is 5.53. The highest BCUT2D eigenvalue weighted by Gasteiger charge is 2.24. The lowest BCUT2D eigenvalue weighted by atomic mass is 9.99. The summed E-state index contributed by atoms with van der Waals surface area (Å²) in [6.07, 6.45) is 6.09. The highest BCUT2D eigenvalue weighted by molar-refractivity contribution is 4.88. The van der Waals surface area contributed by atoms with Crippen molar-refractivity contribution in [2.24, 2.45) is 5.92 Å². The first-order valence-electron chi connectivity index (χ1n) is 4.12. The van der Waals surface area contributed by atoms with E-state index in [9.17, 15) is 0 Å². The molecule has 0 saturated carbocycles. The van der Waals surface area contributed by atoms with Crippen LogP contribution in [0.5, 0.6) is 0 Å². The fraction of sp³-hybridized carbons (Fsp3) is 0.778. The van der Waals surface area contributed by atoms with Gasteiger partial charge in [0.05, 0.1) is 6.10 Å². The molecule has 0 N–H and O–H groups in total. The van der Waals surface area contributed by atoms with Crippen LogP contribution < -0.4 is 0 Å². The molecule has 1 rings (SSSR count). The predicted octanol–water partition coefficient (Wildman–Crippen LogP) is 2.38. The zero-order valence-electron chi connectivity index (χ0n) is 6.68. The first-order chi connectivity index (χ1) is 4.88. The second-order valence-electron chi connectivity index (χ2n) is 2.89. The van der Waals surface area contributed by atoms with Crippen molar-refractivity contribution in [3.63, 3.8) is 0 Å². The Morgan fingerprint density at radius 1 is 1.70 bits per heavy atom. The normalized spacial score (nSPS) is 32.5. The average molecular weight is 140 g/mol. The molecule has 10 heavy (non-hydrogen) atoms. The van der Waals surface area contributed by atoms with E-state index in [1.54, 1.807) is 0 Å². The maximum Gasteiger partial charge on any atom is 0.0638 e. The third kappa shape index (κ3) is 1.60. The molecule has 2 atom stereocenters. The molecule has 0 aromatic heterocycles. The Hall–Kier alpha value is -0.300. The molecule has 58 valence electrons. The van der Waals surface area contributed by atoms with Crippen LogP contribution in [0.25, 0.3) is 0 Å². The van der Waals surface area contributed by atoms with Gasteiger partial charge in [-0.25, -0.2) is 0 Å². The number of hydrogen-bond acceptors (Lipinski definition) is 1. The molecule has 1 heteroatoms. The van der Waals surface area contributed by atoms with Crippen molar-refractivity contribution in [3.8, 4) is 0 Å². The van der Waals surface area contributed by atoms with Crippen molar-refractivity contribution in [2.45, 2.75) is 32.3 Å². The van der Waals surface area contributed by atoms with Gasteiger partial charge in [-0.05, 0) is 12.8 Å². The van der Waals surface area contributed by atoms with Crippen LogP contribution in [0.1, 0.15) is 26.2 Å². The Balaban J connectivity index is 2.34.